The smallest absolute Gasteiger partial charge is 0.231 e. The van der Waals surface area contributed by atoms with Crippen molar-refractivity contribution in [3.8, 4) is 0 Å². The zero-order valence-corrected chi connectivity index (χ0v) is 7.55. The van der Waals surface area contributed by atoms with Crippen LogP contribution in [-0.4, -0.2) is 29.9 Å². The van der Waals surface area contributed by atoms with Crippen molar-refractivity contribution >= 4 is 5.91 Å². The first-order chi connectivity index (χ1) is 5.67. The molecule has 68 valence electrons. The molecule has 0 aromatic rings. The van der Waals surface area contributed by atoms with Gasteiger partial charge in [0, 0.05) is 19.1 Å². The molecule has 3 heteroatoms. The minimum Gasteiger partial charge on any atom is -0.338 e. The average molecular weight is 168 g/mol. The van der Waals surface area contributed by atoms with Gasteiger partial charge in [0.15, 0.2) is 0 Å². The third-order valence-corrected chi connectivity index (χ3v) is 3.26. The molecule has 1 saturated heterocycles. The molecule has 2 aliphatic rings. The van der Waals surface area contributed by atoms with Crippen LogP contribution in [0.1, 0.15) is 26.2 Å². The number of nitrogens with zero attached hydrogens (tertiary/aromatic N) is 1. The molecule has 2 fully saturated rings. The molecule has 1 aliphatic heterocycles. The molecule has 0 radical (unpaired) electrons. The number of hydrogen-bond donors (Lipinski definition) is 1. The van der Waals surface area contributed by atoms with Crippen LogP contribution in [0.25, 0.3) is 0 Å². The van der Waals surface area contributed by atoms with E-state index in [-0.39, 0.29) is 11.3 Å². The highest BCUT2D eigenvalue weighted by Crippen LogP contribution is 2.37. The van der Waals surface area contributed by atoms with Crippen molar-refractivity contribution in [3.05, 3.63) is 0 Å². The monoisotopic (exact) mass is 168 g/mol. The lowest BCUT2D eigenvalue weighted by Crippen LogP contribution is -2.66. The number of carbonyl (C=O) groups excluding carboxylic acids is 1. The fourth-order valence-electron chi connectivity index (χ4n) is 1.92. The summed E-state index contributed by atoms with van der Waals surface area (Å²) in [5.41, 5.74) is 5.31. The van der Waals surface area contributed by atoms with Crippen LogP contribution in [-0.2, 0) is 4.79 Å². The van der Waals surface area contributed by atoms with Crippen LogP contribution in [0.2, 0.25) is 0 Å². The van der Waals surface area contributed by atoms with Gasteiger partial charge in [-0.3, -0.25) is 4.79 Å². The molecule has 2 N–H and O–H groups in total. The molecule has 3 nitrogen and oxygen atoms in total. The second kappa shape index (κ2) is 2.46. The Bertz CT molecular complexity index is 213. The third-order valence-electron chi connectivity index (χ3n) is 3.26. The largest absolute Gasteiger partial charge is 0.338 e. The molecule has 0 aromatic heterocycles. The second-order valence-corrected chi connectivity index (χ2v) is 4.28. The Morgan fingerprint density at radius 2 is 2.33 bits per heavy atom. The minimum absolute atomic E-state index is 0.227. The van der Waals surface area contributed by atoms with Gasteiger partial charge in [0.1, 0.15) is 0 Å². The summed E-state index contributed by atoms with van der Waals surface area (Å²) >= 11 is 0. The van der Waals surface area contributed by atoms with Crippen molar-refractivity contribution in [2.24, 2.45) is 11.1 Å². The molecule has 1 aliphatic carbocycles. The van der Waals surface area contributed by atoms with Crippen LogP contribution in [0.3, 0.4) is 0 Å². The Morgan fingerprint density at radius 1 is 1.67 bits per heavy atom. The number of likely N-dealkylation sites (tertiary alicyclic amines) is 1. The van der Waals surface area contributed by atoms with Crippen LogP contribution in [0.4, 0.5) is 0 Å². The third kappa shape index (κ3) is 0.891. The number of amides is 1. The van der Waals surface area contributed by atoms with E-state index in [1.54, 1.807) is 0 Å². The topological polar surface area (TPSA) is 46.3 Å². The van der Waals surface area contributed by atoms with Crippen molar-refractivity contribution in [2.45, 2.75) is 32.2 Å². The number of hydrogen-bond acceptors (Lipinski definition) is 2. The van der Waals surface area contributed by atoms with Crippen LogP contribution in [0.5, 0.6) is 0 Å². The number of rotatable bonds is 2. The fraction of sp³-hybridized carbons (Fsp3) is 0.889. The summed E-state index contributed by atoms with van der Waals surface area (Å²) in [4.78, 5) is 13.6. The Balaban J connectivity index is 1.95. The van der Waals surface area contributed by atoms with E-state index in [0.29, 0.717) is 12.6 Å². The summed E-state index contributed by atoms with van der Waals surface area (Å²) in [6.45, 7) is 3.34. The maximum absolute atomic E-state index is 11.6. The van der Waals surface area contributed by atoms with E-state index < -0.39 is 0 Å². The molecule has 1 heterocycles. The lowest BCUT2D eigenvalue weighted by Gasteiger charge is -2.52. The fourth-order valence-corrected chi connectivity index (χ4v) is 1.92. The van der Waals surface area contributed by atoms with Gasteiger partial charge in [0.25, 0.3) is 0 Å². The van der Waals surface area contributed by atoms with Crippen molar-refractivity contribution in [2.75, 3.05) is 13.1 Å². The Labute approximate surface area is 72.9 Å². The van der Waals surface area contributed by atoms with E-state index >= 15 is 0 Å². The maximum Gasteiger partial charge on any atom is 0.231 e. The van der Waals surface area contributed by atoms with E-state index in [9.17, 15) is 4.79 Å². The molecule has 1 saturated carbocycles. The summed E-state index contributed by atoms with van der Waals surface area (Å²) in [5, 5.41) is 0. The average Bonchev–Trinajstić information content (AvgIpc) is 1.99. The van der Waals surface area contributed by atoms with Crippen LogP contribution >= 0.6 is 0 Å². The molecule has 1 amide bonds. The highest BCUT2D eigenvalue weighted by atomic mass is 16.2. The molecule has 1 atom stereocenters. The molecule has 1 unspecified atom stereocenters. The summed E-state index contributed by atoms with van der Waals surface area (Å²) in [6.07, 6.45) is 3.69. The zero-order valence-electron chi connectivity index (χ0n) is 7.55. The van der Waals surface area contributed by atoms with Crippen molar-refractivity contribution < 1.29 is 4.79 Å². The first kappa shape index (κ1) is 8.05. The van der Waals surface area contributed by atoms with E-state index in [1.807, 2.05) is 11.8 Å². The van der Waals surface area contributed by atoms with Gasteiger partial charge in [-0.1, -0.05) is 0 Å². The van der Waals surface area contributed by atoms with Crippen molar-refractivity contribution in [3.63, 3.8) is 0 Å². The normalized spacial score (nSPS) is 36.2. The van der Waals surface area contributed by atoms with Crippen LogP contribution in [0, 0.1) is 5.41 Å². The van der Waals surface area contributed by atoms with Gasteiger partial charge in [-0.25, -0.2) is 0 Å². The summed E-state index contributed by atoms with van der Waals surface area (Å²) < 4.78 is 0. The van der Waals surface area contributed by atoms with Gasteiger partial charge in [-0.2, -0.15) is 0 Å². The maximum atomic E-state index is 11.6. The van der Waals surface area contributed by atoms with Gasteiger partial charge in [-0.15, -0.1) is 0 Å². The molecular formula is C9H16N2O. The molecule has 0 spiro atoms. The van der Waals surface area contributed by atoms with Gasteiger partial charge < -0.3 is 10.6 Å². The number of nitrogens with two attached hydrogens (primary N) is 1. The van der Waals surface area contributed by atoms with Gasteiger partial charge in [-0.05, 0) is 26.2 Å². The predicted molar refractivity (Wildman–Crippen MR) is 46.5 cm³/mol. The first-order valence-electron chi connectivity index (χ1n) is 4.68. The molecule has 0 aromatic carbocycles. The summed E-state index contributed by atoms with van der Waals surface area (Å²) in [7, 11) is 0. The number of carbonyl (C=O) groups is 1. The van der Waals surface area contributed by atoms with E-state index in [2.05, 4.69) is 0 Å². The molecule has 0 bridgehead atoms. The summed E-state index contributed by atoms with van der Waals surface area (Å²) in [6, 6.07) is 0.553. The number of β-lactam (4-membered cyclic amide) rings is 1. The van der Waals surface area contributed by atoms with Gasteiger partial charge in [0.05, 0.1) is 5.41 Å². The minimum atomic E-state index is -0.227. The zero-order chi connectivity index (χ0) is 8.77. The van der Waals surface area contributed by atoms with Crippen LogP contribution < -0.4 is 5.73 Å². The molecule has 12 heavy (non-hydrogen) atoms. The lowest BCUT2D eigenvalue weighted by molar-refractivity contribution is -0.164. The van der Waals surface area contributed by atoms with Gasteiger partial charge in [0.2, 0.25) is 5.91 Å². The highest BCUT2D eigenvalue weighted by Gasteiger charge is 2.50. The standard InChI is InChI=1S/C9H16N2O/c1-9(5-10)6-11(8(9)12)7-3-2-4-7/h7H,2-6,10H2,1H3. The SMILES string of the molecule is CC1(CN)CN(C2CCC2)C1=O. The molecular weight excluding hydrogens is 152 g/mol. The first-order valence-corrected chi connectivity index (χ1v) is 4.68. The Morgan fingerprint density at radius 3 is 2.67 bits per heavy atom. The Hall–Kier alpha value is -0.570. The van der Waals surface area contributed by atoms with E-state index in [1.165, 1.54) is 19.3 Å². The lowest BCUT2D eigenvalue weighted by atomic mass is 9.76. The van der Waals surface area contributed by atoms with E-state index in [4.69, 9.17) is 5.73 Å². The van der Waals surface area contributed by atoms with Crippen LogP contribution in [0.15, 0.2) is 0 Å². The highest BCUT2D eigenvalue weighted by molar-refractivity contribution is 5.89. The molecule has 2 rings (SSSR count). The quantitative estimate of drug-likeness (QED) is 0.605. The Kier molecular flexibility index (Phi) is 1.65. The van der Waals surface area contributed by atoms with Gasteiger partial charge >= 0.3 is 0 Å². The predicted octanol–water partition coefficient (Wildman–Crippen LogP) is 0.346. The summed E-state index contributed by atoms with van der Waals surface area (Å²) in [5.74, 6) is 0.273. The van der Waals surface area contributed by atoms with Crippen molar-refractivity contribution in [1.29, 1.82) is 0 Å². The van der Waals surface area contributed by atoms with Crippen molar-refractivity contribution in [1.82, 2.24) is 4.90 Å². The second-order valence-electron chi connectivity index (χ2n) is 4.28. The van der Waals surface area contributed by atoms with E-state index in [0.717, 1.165) is 6.54 Å².